The Labute approximate surface area is 118 Å². The molecule has 0 saturated carbocycles. The van der Waals surface area contributed by atoms with Crippen molar-refractivity contribution in [3.05, 3.63) is 59.7 Å². The van der Waals surface area contributed by atoms with E-state index in [1.54, 1.807) is 19.4 Å². The summed E-state index contributed by atoms with van der Waals surface area (Å²) >= 11 is 0. The van der Waals surface area contributed by atoms with Gasteiger partial charge in [-0.05, 0) is 36.7 Å². The molecule has 0 amide bonds. The van der Waals surface area contributed by atoms with Gasteiger partial charge in [0.1, 0.15) is 11.6 Å². The summed E-state index contributed by atoms with van der Waals surface area (Å²) in [4.78, 5) is 3.80. The van der Waals surface area contributed by atoms with Crippen molar-refractivity contribution in [2.75, 3.05) is 13.7 Å². The molecule has 1 unspecified atom stereocenters. The number of pyridine rings is 1. The van der Waals surface area contributed by atoms with E-state index in [1.165, 1.54) is 6.20 Å². The maximum Gasteiger partial charge on any atom is 0.146 e. The quantitative estimate of drug-likeness (QED) is 0.878. The molecule has 20 heavy (non-hydrogen) atoms. The number of methoxy groups -OCH3 is 1. The fraction of sp³-hybridized carbons (Fsp3) is 0.312. The Kier molecular flexibility index (Phi) is 5.07. The highest BCUT2D eigenvalue weighted by Gasteiger charge is 2.15. The minimum atomic E-state index is -0.277. The SMILES string of the molecule is CCNC(Cc1cccc(OC)c1)c1ccncc1F. The Hall–Kier alpha value is -1.94. The predicted molar refractivity (Wildman–Crippen MR) is 77.3 cm³/mol. The van der Waals surface area contributed by atoms with Gasteiger partial charge in [-0.25, -0.2) is 4.39 Å². The smallest absolute Gasteiger partial charge is 0.146 e. The number of hydrogen-bond acceptors (Lipinski definition) is 3. The molecule has 0 saturated heterocycles. The number of ether oxygens (including phenoxy) is 1. The summed E-state index contributed by atoms with van der Waals surface area (Å²) in [5.74, 6) is 0.536. The second-order valence-electron chi connectivity index (χ2n) is 4.56. The lowest BCUT2D eigenvalue weighted by atomic mass is 9.99. The minimum absolute atomic E-state index is 0.0740. The molecule has 0 aliphatic heterocycles. The van der Waals surface area contributed by atoms with Gasteiger partial charge in [-0.3, -0.25) is 4.98 Å². The number of nitrogens with zero attached hydrogens (tertiary/aromatic N) is 1. The molecule has 0 bridgehead atoms. The lowest BCUT2D eigenvalue weighted by molar-refractivity contribution is 0.413. The molecule has 2 rings (SSSR count). The van der Waals surface area contributed by atoms with E-state index in [-0.39, 0.29) is 11.9 Å². The zero-order valence-electron chi connectivity index (χ0n) is 11.8. The molecular weight excluding hydrogens is 255 g/mol. The van der Waals surface area contributed by atoms with Crippen molar-refractivity contribution >= 4 is 0 Å². The van der Waals surface area contributed by atoms with Gasteiger partial charge in [0.05, 0.1) is 13.3 Å². The summed E-state index contributed by atoms with van der Waals surface area (Å²) in [7, 11) is 1.64. The van der Waals surface area contributed by atoms with Crippen LogP contribution in [0, 0.1) is 5.82 Å². The minimum Gasteiger partial charge on any atom is -0.497 e. The largest absolute Gasteiger partial charge is 0.497 e. The van der Waals surface area contributed by atoms with Gasteiger partial charge in [0.2, 0.25) is 0 Å². The molecule has 4 heteroatoms. The molecular formula is C16H19FN2O. The van der Waals surface area contributed by atoms with E-state index in [2.05, 4.69) is 10.3 Å². The monoisotopic (exact) mass is 274 g/mol. The second-order valence-corrected chi connectivity index (χ2v) is 4.56. The molecule has 1 aromatic carbocycles. The van der Waals surface area contributed by atoms with E-state index in [9.17, 15) is 4.39 Å². The molecule has 0 aliphatic rings. The Morgan fingerprint density at radius 2 is 2.20 bits per heavy atom. The maximum atomic E-state index is 13.9. The predicted octanol–water partition coefficient (Wildman–Crippen LogP) is 3.12. The van der Waals surface area contributed by atoms with E-state index in [0.717, 1.165) is 17.9 Å². The first-order valence-electron chi connectivity index (χ1n) is 6.70. The van der Waals surface area contributed by atoms with Crippen LogP contribution in [0.5, 0.6) is 5.75 Å². The van der Waals surface area contributed by atoms with Gasteiger partial charge in [0.15, 0.2) is 0 Å². The van der Waals surface area contributed by atoms with Crippen LogP contribution >= 0.6 is 0 Å². The summed E-state index contributed by atoms with van der Waals surface area (Å²) in [6.45, 7) is 2.79. The fourth-order valence-electron chi connectivity index (χ4n) is 2.24. The van der Waals surface area contributed by atoms with Crippen LogP contribution in [0.25, 0.3) is 0 Å². The van der Waals surface area contributed by atoms with Gasteiger partial charge in [0.25, 0.3) is 0 Å². The molecule has 2 aromatic rings. The highest BCUT2D eigenvalue weighted by molar-refractivity contribution is 5.30. The standard InChI is InChI=1S/C16H19FN2O/c1-3-19-16(14-7-8-18-11-15(14)17)10-12-5-4-6-13(9-12)20-2/h4-9,11,16,19H,3,10H2,1-2H3. The van der Waals surface area contributed by atoms with Crippen LogP contribution in [0.3, 0.4) is 0 Å². The first kappa shape index (κ1) is 14.5. The average molecular weight is 274 g/mol. The lowest BCUT2D eigenvalue weighted by Gasteiger charge is -2.19. The van der Waals surface area contributed by atoms with Crippen molar-refractivity contribution in [2.45, 2.75) is 19.4 Å². The molecule has 0 radical (unpaired) electrons. The number of hydrogen-bond donors (Lipinski definition) is 1. The van der Waals surface area contributed by atoms with Crippen LogP contribution in [0.4, 0.5) is 4.39 Å². The van der Waals surface area contributed by atoms with Crippen LogP contribution in [0.2, 0.25) is 0 Å². The van der Waals surface area contributed by atoms with Crippen molar-refractivity contribution in [2.24, 2.45) is 0 Å². The van der Waals surface area contributed by atoms with E-state index in [4.69, 9.17) is 4.74 Å². The van der Waals surface area contributed by atoms with E-state index in [1.807, 2.05) is 31.2 Å². The molecule has 0 aliphatic carbocycles. The van der Waals surface area contributed by atoms with Crippen LogP contribution < -0.4 is 10.1 Å². The van der Waals surface area contributed by atoms with E-state index < -0.39 is 0 Å². The number of benzene rings is 1. The van der Waals surface area contributed by atoms with Crippen molar-refractivity contribution in [1.82, 2.24) is 10.3 Å². The van der Waals surface area contributed by atoms with Gasteiger partial charge in [0, 0.05) is 17.8 Å². The van der Waals surface area contributed by atoms with E-state index >= 15 is 0 Å². The normalized spacial score (nSPS) is 12.2. The molecule has 1 aromatic heterocycles. The van der Waals surface area contributed by atoms with Gasteiger partial charge >= 0.3 is 0 Å². The molecule has 1 atom stereocenters. The van der Waals surface area contributed by atoms with Gasteiger partial charge < -0.3 is 10.1 Å². The van der Waals surface area contributed by atoms with Gasteiger partial charge in [-0.1, -0.05) is 19.1 Å². The molecule has 1 heterocycles. The second kappa shape index (κ2) is 7.01. The summed E-state index contributed by atoms with van der Waals surface area (Å²) in [5, 5.41) is 3.32. The first-order chi connectivity index (χ1) is 9.74. The molecule has 3 nitrogen and oxygen atoms in total. The van der Waals surface area contributed by atoms with Crippen LogP contribution in [-0.4, -0.2) is 18.6 Å². The molecule has 106 valence electrons. The van der Waals surface area contributed by atoms with Gasteiger partial charge in [-0.2, -0.15) is 0 Å². The summed E-state index contributed by atoms with van der Waals surface area (Å²) in [6, 6.07) is 9.49. The van der Waals surface area contributed by atoms with E-state index in [0.29, 0.717) is 12.0 Å². The third kappa shape index (κ3) is 3.54. The Bertz CT molecular complexity index is 560. The average Bonchev–Trinajstić information content (AvgIpc) is 2.47. The Morgan fingerprint density at radius 1 is 1.35 bits per heavy atom. The third-order valence-corrected chi connectivity index (χ3v) is 3.20. The highest BCUT2D eigenvalue weighted by atomic mass is 19.1. The number of aromatic nitrogens is 1. The first-order valence-corrected chi connectivity index (χ1v) is 6.70. The fourth-order valence-corrected chi connectivity index (χ4v) is 2.24. The Balaban J connectivity index is 2.23. The number of nitrogens with one attached hydrogen (secondary N) is 1. The molecule has 0 fully saturated rings. The highest BCUT2D eigenvalue weighted by Crippen LogP contribution is 2.22. The maximum absolute atomic E-state index is 13.9. The summed E-state index contributed by atoms with van der Waals surface area (Å²) in [5.41, 5.74) is 1.75. The topological polar surface area (TPSA) is 34.1 Å². The number of halogens is 1. The van der Waals surface area contributed by atoms with Crippen LogP contribution in [-0.2, 0) is 6.42 Å². The summed E-state index contributed by atoms with van der Waals surface area (Å²) in [6.07, 6.45) is 3.57. The number of likely N-dealkylation sites (N-methyl/N-ethyl adjacent to an activating group) is 1. The lowest BCUT2D eigenvalue weighted by Crippen LogP contribution is -2.24. The van der Waals surface area contributed by atoms with Crippen molar-refractivity contribution in [3.63, 3.8) is 0 Å². The zero-order valence-corrected chi connectivity index (χ0v) is 11.8. The number of rotatable bonds is 6. The van der Waals surface area contributed by atoms with Crippen LogP contribution in [0.1, 0.15) is 24.1 Å². The zero-order chi connectivity index (χ0) is 14.4. The Morgan fingerprint density at radius 3 is 2.90 bits per heavy atom. The third-order valence-electron chi connectivity index (χ3n) is 3.20. The van der Waals surface area contributed by atoms with Gasteiger partial charge in [-0.15, -0.1) is 0 Å². The summed E-state index contributed by atoms with van der Waals surface area (Å²) < 4.78 is 19.1. The molecule has 0 spiro atoms. The van der Waals surface area contributed by atoms with Crippen molar-refractivity contribution in [3.8, 4) is 5.75 Å². The van der Waals surface area contributed by atoms with Crippen molar-refractivity contribution < 1.29 is 9.13 Å². The molecule has 1 N–H and O–H groups in total. The van der Waals surface area contributed by atoms with Crippen LogP contribution in [0.15, 0.2) is 42.7 Å². The van der Waals surface area contributed by atoms with Crippen molar-refractivity contribution in [1.29, 1.82) is 0 Å².